The van der Waals surface area contributed by atoms with Crippen molar-refractivity contribution in [2.24, 2.45) is 5.16 Å². The van der Waals surface area contributed by atoms with Crippen LogP contribution in [0.25, 0.3) is 0 Å². The van der Waals surface area contributed by atoms with E-state index in [4.69, 9.17) is 9.57 Å². The van der Waals surface area contributed by atoms with Gasteiger partial charge in [0.05, 0.1) is 0 Å². The van der Waals surface area contributed by atoms with Crippen molar-refractivity contribution in [2.45, 2.75) is 56.5 Å². The zero-order valence-corrected chi connectivity index (χ0v) is 21.8. The lowest BCUT2D eigenvalue weighted by atomic mass is 9.79. The van der Waals surface area contributed by atoms with Gasteiger partial charge in [0.1, 0.15) is 23.5 Å². The normalized spacial score (nSPS) is 18.0. The summed E-state index contributed by atoms with van der Waals surface area (Å²) in [6.45, 7) is 2.19. The fourth-order valence-corrected chi connectivity index (χ4v) is 5.32. The van der Waals surface area contributed by atoms with E-state index in [1.54, 1.807) is 0 Å². The summed E-state index contributed by atoms with van der Waals surface area (Å²) in [5.74, 6) is 0. The molecule has 0 bridgehead atoms. The van der Waals surface area contributed by atoms with Crippen LogP contribution in [0.2, 0.25) is 0 Å². The van der Waals surface area contributed by atoms with Crippen LogP contribution in [-0.2, 0) is 15.2 Å². The molecule has 4 aromatic rings. The molecule has 0 unspecified atom stereocenters. The summed E-state index contributed by atoms with van der Waals surface area (Å²) in [4.78, 5) is 5.99. The number of oxime groups is 1. The number of hydrogen-bond acceptors (Lipinski definition) is 4. The van der Waals surface area contributed by atoms with Crippen LogP contribution in [0.5, 0.6) is 0 Å². The molecule has 0 amide bonds. The topological polar surface area (TPSA) is 51.0 Å². The second kappa shape index (κ2) is 12.2. The van der Waals surface area contributed by atoms with Crippen LogP contribution < -0.4 is 0 Å². The van der Waals surface area contributed by atoms with Crippen molar-refractivity contribution in [1.82, 2.24) is 0 Å². The quantitative estimate of drug-likeness (QED) is 0.175. The molecule has 4 nitrogen and oxygen atoms in total. The third-order valence-electron chi connectivity index (χ3n) is 7.26. The minimum Gasteiger partial charge on any atom is -0.386 e. The Kier molecular flexibility index (Phi) is 8.32. The Bertz CT molecular complexity index is 1200. The van der Waals surface area contributed by atoms with E-state index in [2.05, 4.69) is 48.5 Å². The number of rotatable bonds is 11. The molecule has 3 atom stereocenters. The molecule has 1 aliphatic rings. The summed E-state index contributed by atoms with van der Waals surface area (Å²) >= 11 is 0. The number of aliphatic hydroxyl groups is 1. The molecule has 1 N–H and O–H groups in total. The van der Waals surface area contributed by atoms with Crippen molar-refractivity contribution in [3.63, 3.8) is 0 Å². The summed E-state index contributed by atoms with van der Waals surface area (Å²) in [5, 5.41) is 15.9. The third kappa shape index (κ3) is 5.28. The van der Waals surface area contributed by atoms with E-state index in [-0.39, 0.29) is 0 Å². The fourth-order valence-electron chi connectivity index (χ4n) is 5.32. The Balaban J connectivity index is 1.60. The van der Waals surface area contributed by atoms with Gasteiger partial charge in [-0.25, -0.2) is 0 Å². The predicted molar refractivity (Wildman–Crippen MR) is 152 cm³/mol. The van der Waals surface area contributed by atoms with Crippen molar-refractivity contribution < 1.29 is 14.7 Å². The number of unbranched alkanes of at least 4 members (excludes halogenated alkanes) is 2. The second-order valence-electron chi connectivity index (χ2n) is 9.79. The van der Waals surface area contributed by atoms with Crippen LogP contribution in [0.1, 0.15) is 54.9 Å². The van der Waals surface area contributed by atoms with Gasteiger partial charge in [0.15, 0.2) is 6.10 Å². The lowest BCUT2D eigenvalue weighted by Gasteiger charge is -2.40. The van der Waals surface area contributed by atoms with Crippen molar-refractivity contribution >= 4 is 5.71 Å². The highest BCUT2D eigenvalue weighted by Gasteiger charge is 2.46. The van der Waals surface area contributed by atoms with Gasteiger partial charge in [-0.2, -0.15) is 0 Å². The van der Waals surface area contributed by atoms with E-state index in [0.717, 1.165) is 47.9 Å². The minimum absolute atomic E-state index is 0.415. The average molecular weight is 506 g/mol. The Morgan fingerprint density at radius 2 is 1.21 bits per heavy atom. The molecule has 0 saturated heterocycles. The maximum atomic E-state index is 11.5. The highest BCUT2D eigenvalue weighted by atomic mass is 16.7. The van der Waals surface area contributed by atoms with Gasteiger partial charge < -0.3 is 14.7 Å². The molecular weight excluding hydrogens is 470 g/mol. The highest BCUT2D eigenvalue weighted by Crippen LogP contribution is 2.43. The van der Waals surface area contributed by atoms with Crippen LogP contribution >= 0.6 is 0 Å². The monoisotopic (exact) mass is 505 g/mol. The smallest absolute Gasteiger partial charge is 0.185 e. The number of ether oxygens (including phenoxy) is 1. The lowest BCUT2D eigenvalue weighted by Crippen LogP contribution is -2.46. The third-order valence-corrected chi connectivity index (χ3v) is 7.26. The van der Waals surface area contributed by atoms with E-state index in [1.807, 2.05) is 84.9 Å². The van der Waals surface area contributed by atoms with Gasteiger partial charge in [0.25, 0.3) is 0 Å². The maximum absolute atomic E-state index is 11.5. The highest BCUT2D eigenvalue weighted by molar-refractivity contribution is 6.04. The molecule has 4 aromatic carbocycles. The van der Waals surface area contributed by atoms with E-state index in [9.17, 15) is 5.11 Å². The van der Waals surface area contributed by atoms with E-state index >= 15 is 0 Å². The van der Waals surface area contributed by atoms with E-state index < -0.39 is 23.9 Å². The minimum atomic E-state index is -0.904. The zero-order chi connectivity index (χ0) is 26.2. The first kappa shape index (κ1) is 25.9. The van der Waals surface area contributed by atoms with Crippen LogP contribution in [0.3, 0.4) is 0 Å². The Morgan fingerprint density at radius 3 is 1.68 bits per heavy atom. The first-order chi connectivity index (χ1) is 18.7. The molecule has 1 heterocycles. The summed E-state index contributed by atoms with van der Waals surface area (Å²) in [7, 11) is 0. The van der Waals surface area contributed by atoms with E-state index in [0.29, 0.717) is 5.71 Å². The largest absolute Gasteiger partial charge is 0.386 e. The van der Waals surface area contributed by atoms with Gasteiger partial charge in [0.2, 0.25) is 0 Å². The predicted octanol–water partition coefficient (Wildman–Crippen LogP) is 7.11. The van der Waals surface area contributed by atoms with Crippen LogP contribution in [0.15, 0.2) is 126 Å². The van der Waals surface area contributed by atoms with Crippen LogP contribution in [0.4, 0.5) is 0 Å². The summed E-state index contributed by atoms with van der Waals surface area (Å²) in [6.07, 6.45) is 1.92. The van der Waals surface area contributed by atoms with Crippen molar-refractivity contribution in [2.75, 3.05) is 0 Å². The molecule has 0 fully saturated rings. The molecule has 0 aromatic heterocycles. The maximum Gasteiger partial charge on any atom is 0.185 e. The molecule has 0 spiro atoms. The SMILES string of the molecule is CCCCC[C@H](OC(c1ccccc1)(c1ccccc1)c1ccccc1)[C@@H]1ON=C(c2ccccc2)[C@H]1O. The van der Waals surface area contributed by atoms with Crippen molar-refractivity contribution in [1.29, 1.82) is 0 Å². The number of aliphatic hydroxyl groups excluding tert-OH is 1. The Morgan fingerprint density at radius 1 is 0.737 bits per heavy atom. The lowest BCUT2D eigenvalue weighted by molar-refractivity contribution is -0.136. The molecule has 0 radical (unpaired) electrons. The second-order valence-corrected chi connectivity index (χ2v) is 9.79. The number of hydrogen-bond donors (Lipinski definition) is 1. The molecule has 4 heteroatoms. The molecular formula is C34H35NO3. The Hall–Kier alpha value is -3.73. The number of nitrogens with zero attached hydrogens (tertiary/aromatic N) is 1. The van der Waals surface area contributed by atoms with Gasteiger partial charge in [-0.1, -0.05) is 153 Å². The van der Waals surface area contributed by atoms with Gasteiger partial charge in [-0.15, -0.1) is 0 Å². The van der Waals surface area contributed by atoms with E-state index in [1.165, 1.54) is 0 Å². The first-order valence-electron chi connectivity index (χ1n) is 13.6. The Labute approximate surface area is 225 Å². The first-order valence-corrected chi connectivity index (χ1v) is 13.6. The molecule has 0 aliphatic carbocycles. The van der Waals surface area contributed by atoms with Gasteiger partial charge >= 0.3 is 0 Å². The summed E-state index contributed by atoms with van der Waals surface area (Å²) in [5.41, 5.74) is 3.57. The van der Waals surface area contributed by atoms with Gasteiger partial charge in [-0.3, -0.25) is 0 Å². The fraction of sp³-hybridized carbons (Fsp3) is 0.265. The standard InChI is InChI=1S/C34H35NO3/c1-2-3-8-25-30(33-32(36)31(35-38-33)26-17-9-4-10-18-26)37-34(27-19-11-5-12-20-27,28-21-13-6-14-22-28)29-23-15-7-16-24-29/h4-7,9-24,30,32-33,36H,2-3,8,25H2,1H3/t30-,32+,33-/m0/s1. The molecule has 1 aliphatic heterocycles. The summed E-state index contributed by atoms with van der Waals surface area (Å²) in [6, 6.07) is 40.7. The van der Waals surface area contributed by atoms with Gasteiger partial charge in [0, 0.05) is 5.56 Å². The van der Waals surface area contributed by atoms with Gasteiger partial charge in [-0.05, 0) is 23.1 Å². The molecule has 194 valence electrons. The summed E-state index contributed by atoms with van der Waals surface area (Å²) < 4.78 is 7.32. The number of benzene rings is 4. The van der Waals surface area contributed by atoms with Crippen molar-refractivity contribution in [3.8, 4) is 0 Å². The van der Waals surface area contributed by atoms with Crippen LogP contribution in [-0.4, -0.2) is 29.1 Å². The average Bonchev–Trinajstić information content (AvgIpc) is 3.38. The molecule has 0 saturated carbocycles. The molecule has 38 heavy (non-hydrogen) atoms. The van der Waals surface area contributed by atoms with Crippen molar-refractivity contribution in [3.05, 3.63) is 144 Å². The zero-order valence-electron chi connectivity index (χ0n) is 21.8. The molecule has 5 rings (SSSR count). The van der Waals surface area contributed by atoms with Crippen LogP contribution in [0, 0.1) is 0 Å².